The second kappa shape index (κ2) is 16.3. The van der Waals surface area contributed by atoms with Gasteiger partial charge in [-0.3, -0.25) is 13.9 Å². The minimum atomic E-state index is -4.22. The lowest BCUT2D eigenvalue weighted by molar-refractivity contribution is -0.140. The lowest BCUT2D eigenvalue weighted by Gasteiger charge is -2.34. The number of anilines is 1. The first-order valence-electron chi connectivity index (χ1n) is 15.3. The van der Waals surface area contributed by atoms with Gasteiger partial charge in [0.2, 0.25) is 11.8 Å². The normalized spacial score (nSPS) is 12.5. The first-order chi connectivity index (χ1) is 22.1. The second-order valence-corrected chi connectivity index (χ2v) is 13.2. The van der Waals surface area contributed by atoms with E-state index in [2.05, 4.69) is 5.32 Å². The summed E-state index contributed by atoms with van der Waals surface area (Å²) in [4.78, 5) is 29.9. The molecule has 242 valence electrons. The van der Waals surface area contributed by atoms with Crippen LogP contribution in [0.5, 0.6) is 5.75 Å². The number of ether oxygens (including phenoxy) is 1. The first-order valence-corrected chi connectivity index (χ1v) is 17.1. The summed E-state index contributed by atoms with van der Waals surface area (Å²) in [5.41, 5.74) is 1.80. The molecule has 0 spiro atoms. The van der Waals surface area contributed by atoms with Crippen LogP contribution in [0, 0.1) is 0 Å². The summed E-state index contributed by atoms with van der Waals surface area (Å²) in [6, 6.07) is 30.0. The highest BCUT2D eigenvalue weighted by atomic mass is 35.5. The number of para-hydroxylation sites is 1. The molecule has 2 unspecified atom stereocenters. The van der Waals surface area contributed by atoms with Crippen LogP contribution in [0.4, 0.5) is 5.69 Å². The highest BCUT2D eigenvalue weighted by Gasteiger charge is 2.35. The van der Waals surface area contributed by atoms with Crippen molar-refractivity contribution in [3.05, 3.63) is 125 Å². The maximum Gasteiger partial charge on any atom is 0.264 e. The Bertz CT molecular complexity index is 1690. The Morgan fingerprint density at radius 1 is 0.848 bits per heavy atom. The summed E-state index contributed by atoms with van der Waals surface area (Å²) in [6.07, 6.45) is 0.917. The van der Waals surface area contributed by atoms with E-state index in [9.17, 15) is 18.0 Å². The number of carbonyl (C=O) groups excluding carboxylic acids is 2. The molecule has 0 aliphatic heterocycles. The lowest BCUT2D eigenvalue weighted by atomic mass is 10.0. The Morgan fingerprint density at radius 3 is 2.07 bits per heavy atom. The number of carbonyl (C=O) groups is 2. The molecule has 0 aliphatic rings. The maximum atomic E-state index is 14.5. The number of nitrogens with one attached hydrogen (secondary N) is 1. The summed E-state index contributed by atoms with van der Waals surface area (Å²) in [6.45, 7) is 5.59. The van der Waals surface area contributed by atoms with Crippen LogP contribution in [0.25, 0.3) is 0 Å². The van der Waals surface area contributed by atoms with E-state index in [0.717, 1.165) is 9.87 Å². The quantitative estimate of drug-likeness (QED) is 0.157. The first kappa shape index (κ1) is 34.5. The Morgan fingerprint density at radius 2 is 1.46 bits per heavy atom. The van der Waals surface area contributed by atoms with Gasteiger partial charge >= 0.3 is 0 Å². The van der Waals surface area contributed by atoms with E-state index in [4.69, 9.17) is 16.3 Å². The molecular weight excluding hydrogens is 622 g/mol. The van der Waals surface area contributed by atoms with Crippen molar-refractivity contribution in [3.63, 3.8) is 0 Å². The van der Waals surface area contributed by atoms with Crippen molar-refractivity contribution in [1.29, 1.82) is 0 Å². The molecule has 46 heavy (non-hydrogen) atoms. The summed E-state index contributed by atoms with van der Waals surface area (Å²) in [7, 11) is -4.22. The second-order valence-electron chi connectivity index (χ2n) is 10.9. The van der Waals surface area contributed by atoms with Crippen molar-refractivity contribution >= 4 is 39.1 Å². The molecule has 0 aromatic heterocycles. The van der Waals surface area contributed by atoms with Crippen LogP contribution in [0.1, 0.15) is 38.3 Å². The standard InChI is InChI=1S/C36H40ClN3O5S/c1-4-27(3)38-36(42)34(24-28-14-8-6-9-15-28)39(25-29-16-12-13-19-33(29)37)35(41)26-40(30-17-10-7-11-18-30)46(43,44)32-22-20-31(21-23-32)45-5-2/h6-23,27,34H,4-5,24-26H2,1-3H3,(H,38,42). The Balaban J connectivity index is 1.79. The summed E-state index contributed by atoms with van der Waals surface area (Å²) in [5, 5.41) is 3.47. The van der Waals surface area contributed by atoms with Gasteiger partial charge in [0.15, 0.2) is 0 Å². The zero-order valence-corrected chi connectivity index (χ0v) is 27.9. The number of hydrogen-bond donors (Lipinski definition) is 1. The van der Waals surface area contributed by atoms with E-state index in [1.807, 2.05) is 57.2 Å². The van der Waals surface area contributed by atoms with E-state index < -0.39 is 28.5 Å². The molecule has 0 fully saturated rings. The third-order valence-corrected chi connectivity index (χ3v) is 9.77. The van der Waals surface area contributed by atoms with Crippen LogP contribution in [0.3, 0.4) is 0 Å². The molecule has 0 radical (unpaired) electrons. The van der Waals surface area contributed by atoms with Crippen molar-refractivity contribution in [2.24, 2.45) is 0 Å². The fourth-order valence-corrected chi connectivity index (χ4v) is 6.54. The average Bonchev–Trinajstić information content (AvgIpc) is 3.07. The Hall–Kier alpha value is -4.34. The highest BCUT2D eigenvalue weighted by molar-refractivity contribution is 7.92. The number of sulfonamides is 1. The molecule has 0 aliphatic carbocycles. The van der Waals surface area contributed by atoms with Gasteiger partial charge in [-0.15, -0.1) is 0 Å². The van der Waals surface area contributed by atoms with E-state index in [1.165, 1.54) is 17.0 Å². The fourth-order valence-electron chi connectivity index (χ4n) is 4.93. The zero-order valence-electron chi connectivity index (χ0n) is 26.3. The molecule has 2 amide bonds. The third-order valence-electron chi connectivity index (χ3n) is 7.62. The molecule has 0 saturated carbocycles. The van der Waals surface area contributed by atoms with Crippen LogP contribution < -0.4 is 14.4 Å². The summed E-state index contributed by atoms with van der Waals surface area (Å²) >= 11 is 6.56. The van der Waals surface area contributed by atoms with Gasteiger partial charge in [-0.05, 0) is 73.9 Å². The summed E-state index contributed by atoms with van der Waals surface area (Å²) in [5.74, 6) is -0.358. The van der Waals surface area contributed by atoms with Crippen LogP contribution >= 0.6 is 11.6 Å². The molecule has 0 bridgehead atoms. The predicted octanol–water partition coefficient (Wildman–Crippen LogP) is 6.49. The number of benzene rings is 4. The zero-order chi connectivity index (χ0) is 33.1. The molecule has 0 heterocycles. The average molecular weight is 662 g/mol. The van der Waals surface area contributed by atoms with E-state index in [1.54, 1.807) is 60.7 Å². The molecule has 0 saturated heterocycles. The predicted molar refractivity (Wildman–Crippen MR) is 182 cm³/mol. The smallest absolute Gasteiger partial charge is 0.264 e. The van der Waals surface area contributed by atoms with E-state index >= 15 is 0 Å². The SMILES string of the molecule is CCOc1ccc(S(=O)(=O)N(CC(=O)N(Cc2ccccc2Cl)C(Cc2ccccc2)C(=O)NC(C)CC)c2ccccc2)cc1. The van der Waals surface area contributed by atoms with Crippen molar-refractivity contribution in [3.8, 4) is 5.75 Å². The molecule has 4 aromatic rings. The van der Waals surface area contributed by atoms with Gasteiger partial charge in [-0.25, -0.2) is 8.42 Å². The van der Waals surface area contributed by atoms with Crippen molar-refractivity contribution in [2.45, 2.75) is 57.1 Å². The van der Waals surface area contributed by atoms with Crippen LogP contribution in [-0.4, -0.2) is 50.4 Å². The van der Waals surface area contributed by atoms with Crippen molar-refractivity contribution in [1.82, 2.24) is 10.2 Å². The third kappa shape index (κ3) is 8.89. The molecule has 4 aromatic carbocycles. The van der Waals surface area contributed by atoms with E-state index in [0.29, 0.717) is 35.1 Å². The van der Waals surface area contributed by atoms with Gasteiger partial charge < -0.3 is 15.0 Å². The molecule has 4 rings (SSSR count). The monoisotopic (exact) mass is 661 g/mol. The number of nitrogens with zero attached hydrogens (tertiary/aromatic N) is 2. The van der Waals surface area contributed by atoms with Gasteiger partial charge in [0, 0.05) is 24.0 Å². The van der Waals surface area contributed by atoms with Gasteiger partial charge in [0.1, 0.15) is 18.3 Å². The minimum absolute atomic E-state index is 0.000564. The number of hydrogen-bond acceptors (Lipinski definition) is 5. The summed E-state index contributed by atoms with van der Waals surface area (Å²) < 4.78 is 34.9. The van der Waals surface area contributed by atoms with Crippen LogP contribution in [0.2, 0.25) is 5.02 Å². The number of halogens is 1. The minimum Gasteiger partial charge on any atom is -0.494 e. The molecule has 1 N–H and O–H groups in total. The number of rotatable bonds is 15. The Kier molecular flexibility index (Phi) is 12.2. The Labute approximate surface area is 277 Å². The topological polar surface area (TPSA) is 96.0 Å². The van der Waals surface area contributed by atoms with Gasteiger partial charge in [-0.2, -0.15) is 0 Å². The molecule has 2 atom stereocenters. The highest BCUT2D eigenvalue weighted by Crippen LogP contribution is 2.27. The largest absolute Gasteiger partial charge is 0.494 e. The van der Waals surface area contributed by atoms with Gasteiger partial charge in [-0.1, -0.05) is 85.3 Å². The van der Waals surface area contributed by atoms with Crippen molar-refractivity contribution in [2.75, 3.05) is 17.5 Å². The van der Waals surface area contributed by atoms with Crippen LogP contribution in [-0.2, 0) is 32.6 Å². The van der Waals surface area contributed by atoms with Gasteiger partial charge in [0.05, 0.1) is 17.2 Å². The maximum absolute atomic E-state index is 14.5. The van der Waals surface area contributed by atoms with E-state index in [-0.39, 0.29) is 29.8 Å². The van der Waals surface area contributed by atoms with Crippen molar-refractivity contribution < 1.29 is 22.7 Å². The van der Waals surface area contributed by atoms with Crippen LogP contribution in [0.15, 0.2) is 114 Å². The fraction of sp³-hybridized carbons (Fsp3) is 0.278. The molecule has 10 heteroatoms. The van der Waals surface area contributed by atoms with Gasteiger partial charge in [0.25, 0.3) is 10.0 Å². The molecular formula is C36H40ClN3O5S. The molecule has 8 nitrogen and oxygen atoms in total. The lowest BCUT2D eigenvalue weighted by Crippen LogP contribution is -2.54. The number of amides is 2.